The Hall–Kier alpha value is -2.70. The van der Waals surface area contributed by atoms with Gasteiger partial charge in [-0.2, -0.15) is 0 Å². The van der Waals surface area contributed by atoms with Crippen molar-refractivity contribution in [3.05, 3.63) is 66.1 Å². The molecule has 0 radical (unpaired) electrons. The van der Waals surface area contributed by atoms with E-state index in [2.05, 4.69) is 16.4 Å². The van der Waals surface area contributed by atoms with Gasteiger partial charge in [0, 0.05) is 62.5 Å². The molecule has 33 heavy (non-hydrogen) atoms. The number of piperazine rings is 1. The molecular weight excluding hydrogens is 414 g/mol. The van der Waals surface area contributed by atoms with Crippen molar-refractivity contribution in [3.8, 4) is 0 Å². The fraction of sp³-hybridized carbons (Fsp3) is 0.481. The lowest BCUT2D eigenvalue weighted by atomic mass is 9.76. The number of benzene rings is 1. The highest BCUT2D eigenvalue weighted by Crippen LogP contribution is 2.35. The van der Waals surface area contributed by atoms with E-state index in [1.165, 1.54) is 0 Å². The zero-order chi connectivity index (χ0) is 23.6. The molecule has 2 saturated heterocycles. The third-order valence-corrected chi connectivity index (χ3v) is 6.89. The van der Waals surface area contributed by atoms with Crippen LogP contribution in [0.2, 0.25) is 0 Å². The van der Waals surface area contributed by atoms with Crippen LogP contribution in [0, 0.1) is 5.41 Å². The molecule has 1 aliphatic carbocycles. The summed E-state index contributed by atoms with van der Waals surface area (Å²) < 4.78 is 0. The lowest BCUT2D eigenvalue weighted by molar-refractivity contribution is -0.312. The molecule has 2 heterocycles. The molecule has 0 spiro atoms. The Morgan fingerprint density at radius 1 is 1.09 bits per heavy atom. The number of nitrogens with zero attached hydrogens (tertiary/aromatic N) is 3. The number of anilines is 1. The molecule has 6 nitrogen and oxygen atoms in total. The summed E-state index contributed by atoms with van der Waals surface area (Å²) in [4.78, 5) is 31.8. The van der Waals surface area contributed by atoms with Crippen LogP contribution in [-0.2, 0) is 9.59 Å². The van der Waals surface area contributed by atoms with Crippen LogP contribution in [0.5, 0.6) is 0 Å². The highest BCUT2D eigenvalue weighted by molar-refractivity contribution is 6.03. The van der Waals surface area contributed by atoms with Crippen molar-refractivity contribution in [2.24, 2.45) is 5.41 Å². The summed E-state index contributed by atoms with van der Waals surface area (Å²) in [5.41, 5.74) is 1.88. The van der Waals surface area contributed by atoms with Crippen molar-refractivity contribution >= 4 is 17.4 Å². The molecule has 6 heteroatoms. The molecule has 176 valence electrons. The highest BCUT2D eigenvalue weighted by Gasteiger charge is 2.40. The SMILES string of the molecule is C=C1C[C@H](N2CCN(CC/C=C/C3=C([O-])CC(C)(C)CC3=O)CC2)C(=O)N1c1ccccc1. The molecule has 0 unspecified atom stereocenters. The van der Waals surface area contributed by atoms with E-state index in [-0.39, 0.29) is 28.9 Å². The summed E-state index contributed by atoms with van der Waals surface area (Å²) in [6.45, 7) is 12.5. The monoisotopic (exact) mass is 448 g/mol. The van der Waals surface area contributed by atoms with Gasteiger partial charge in [0.25, 0.3) is 0 Å². The largest absolute Gasteiger partial charge is 0.875 e. The zero-order valence-electron chi connectivity index (χ0n) is 19.8. The van der Waals surface area contributed by atoms with Crippen molar-refractivity contribution in [1.82, 2.24) is 9.80 Å². The van der Waals surface area contributed by atoms with Gasteiger partial charge in [-0.3, -0.25) is 19.4 Å². The van der Waals surface area contributed by atoms with Crippen LogP contribution < -0.4 is 10.0 Å². The second-order valence-electron chi connectivity index (χ2n) is 10.1. The van der Waals surface area contributed by atoms with Gasteiger partial charge in [-0.1, -0.05) is 50.8 Å². The summed E-state index contributed by atoms with van der Waals surface area (Å²) in [6.07, 6.45) is 6.04. The first-order chi connectivity index (χ1) is 15.7. The topological polar surface area (TPSA) is 66.9 Å². The van der Waals surface area contributed by atoms with Gasteiger partial charge in [-0.05, 0) is 30.4 Å². The molecule has 0 aromatic heterocycles. The lowest BCUT2D eigenvalue weighted by Gasteiger charge is -2.37. The standard InChI is InChI=1S/C27H35N3O3/c1-20-17-23(26(33)30(20)21-9-5-4-6-10-21)29-15-13-28(14-16-29)12-8-7-11-22-24(31)18-27(2,3)19-25(22)32/h4-7,9-11,23,31H,1,8,12-19H2,2-3H3/p-1/b11-7+/t23-/m0/s1. The van der Waals surface area contributed by atoms with Gasteiger partial charge >= 0.3 is 0 Å². The first-order valence-electron chi connectivity index (χ1n) is 11.9. The third kappa shape index (κ3) is 5.28. The summed E-state index contributed by atoms with van der Waals surface area (Å²) in [5, 5.41) is 12.3. The lowest BCUT2D eigenvalue weighted by Crippen LogP contribution is -2.52. The molecule has 3 aliphatic rings. The van der Waals surface area contributed by atoms with Crippen LogP contribution in [0.1, 0.15) is 39.5 Å². The first-order valence-corrected chi connectivity index (χ1v) is 11.9. The summed E-state index contributed by atoms with van der Waals surface area (Å²) in [5.74, 6) is 0.0477. The van der Waals surface area contributed by atoms with Crippen LogP contribution in [0.15, 0.2) is 66.1 Å². The van der Waals surface area contributed by atoms with Gasteiger partial charge < -0.3 is 10.0 Å². The molecule has 1 atom stereocenters. The number of Topliss-reactive ketones (excluding diaryl/α,β-unsaturated/α-hetero) is 1. The molecule has 0 N–H and O–H groups in total. The van der Waals surface area contributed by atoms with Crippen LogP contribution in [-0.4, -0.2) is 60.3 Å². The average molecular weight is 449 g/mol. The van der Waals surface area contributed by atoms with Gasteiger partial charge in [-0.25, -0.2) is 0 Å². The number of amides is 1. The maximum atomic E-state index is 13.1. The quantitative estimate of drug-likeness (QED) is 0.670. The predicted octanol–water partition coefficient (Wildman–Crippen LogP) is 2.87. The number of rotatable bonds is 6. The van der Waals surface area contributed by atoms with E-state index in [1.54, 1.807) is 11.0 Å². The number of carbonyl (C=O) groups is 2. The molecule has 2 fully saturated rings. The Morgan fingerprint density at radius 2 is 1.79 bits per heavy atom. The fourth-order valence-corrected chi connectivity index (χ4v) is 5.10. The number of allylic oxidation sites excluding steroid dienone is 3. The summed E-state index contributed by atoms with van der Waals surface area (Å²) in [7, 11) is 0. The molecule has 1 aromatic carbocycles. The first kappa shape index (κ1) is 23.5. The average Bonchev–Trinajstić information content (AvgIpc) is 3.07. The van der Waals surface area contributed by atoms with Gasteiger partial charge in [-0.15, -0.1) is 5.76 Å². The van der Waals surface area contributed by atoms with Gasteiger partial charge in [0.05, 0.1) is 6.04 Å². The number of para-hydroxylation sites is 1. The molecule has 1 aromatic rings. The van der Waals surface area contributed by atoms with Crippen molar-refractivity contribution in [2.45, 2.75) is 45.6 Å². The number of carbonyl (C=O) groups excluding carboxylic acids is 2. The van der Waals surface area contributed by atoms with Crippen molar-refractivity contribution < 1.29 is 14.7 Å². The Labute approximate surface area is 196 Å². The Balaban J connectivity index is 1.25. The van der Waals surface area contributed by atoms with Gasteiger partial charge in [0.2, 0.25) is 5.91 Å². The maximum Gasteiger partial charge on any atom is 0.249 e. The minimum Gasteiger partial charge on any atom is -0.875 e. The molecule has 0 bridgehead atoms. The highest BCUT2D eigenvalue weighted by atomic mass is 16.3. The summed E-state index contributed by atoms with van der Waals surface area (Å²) in [6, 6.07) is 9.59. The van der Waals surface area contributed by atoms with Gasteiger partial charge in [0.1, 0.15) is 0 Å². The van der Waals surface area contributed by atoms with E-state index in [9.17, 15) is 14.7 Å². The minimum absolute atomic E-state index is 0.0338. The molecule has 1 amide bonds. The molecule has 2 aliphatic heterocycles. The normalized spacial score (nSPS) is 25.0. The molecule has 0 saturated carbocycles. The minimum atomic E-state index is -0.226. The third-order valence-electron chi connectivity index (χ3n) is 6.89. The van der Waals surface area contributed by atoms with Crippen LogP contribution in [0.25, 0.3) is 0 Å². The predicted molar refractivity (Wildman–Crippen MR) is 128 cm³/mol. The van der Waals surface area contributed by atoms with Crippen LogP contribution >= 0.6 is 0 Å². The second kappa shape index (κ2) is 9.65. The van der Waals surface area contributed by atoms with Crippen molar-refractivity contribution in [2.75, 3.05) is 37.6 Å². The van der Waals surface area contributed by atoms with E-state index in [4.69, 9.17) is 0 Å². The van der Waals surface area contributed by atoms with E-state index in [1.807, 2.05) is 50.3 Å². The van der Waals surface area contributed by atoms with E-state index in [0.717, 1.165) is 50.5 Å². The van der Waals surface area contributed by atoms with E-state index < -0.39 is 0 Å². The second-order valence-corrected chi connectivity index (χ2v) is 10.1. The zero-order valence-corrected chi connectivity index (χ0v) is 19.8. The number of hydrogen-bond donors (Lipinski definition) is 0. The molecule has 4 rings (SSSR count). The Morgan fingerprint density at radius 3 is 2.45 bits per heavy atom. The van der Waals surface area contributed by atoms with Crippen LogP contribution in [0.3, 0.4) is 0 Å². The van der Waals surface area contributed by atoms with E-state index in [0.29, 0.717) is 24.8 Å². The van der Waals surface area contributed by atoms with Crippen molar-refractivity contribution in [3.63, 3.8) is 0 Å². The Kier molecular flexibility index (Phi) is 6.86. The smallest absolute Gasteiger partial charge is 0.249 e. The van der Waals surface area contributed by atoms with Gasteiger partial charge in [0.15, 0.2) is 5.78 Å². The van der Waals surface area contributed by atoms with Crippen molar-refractivity contribution in [1.29, 1.82) is 0 Å². The van der Waals surface area contributed by atoms with Crippen LogP contribution in [0.4, 0.5) is 5.69 Å². The molecular formula is C27H34N3O3-. The number of hydrogen-bond acceptors (Lipinski definition) is 5. The fourth-order valence-electron chi connectivity index (χ4n) is 5.10. The Bertz CT molecular complexity index is 972. The summed E-state index contributed by atoms with van der Waals surface area (Å²) >= 11 is 0. The number of ketones is 1. The maximum absolute atomic E-state index is 13.1. The van der Waals surface area contributed by atoms with E-state index >= 15 is 0 Å².